The molecule has 2 aromatic heterocycles. The summed E-state index contributed by atoms with van der Waals surface area (Å²) in [6, 6.07) is 1.82. The van der Waals surface area contributed by atoms with Crippen molar-refractivity contribution in [2.24, 2.45) is 0 Å². The number of carbonyl (C=O) groups excluding carboxylic acids is 1. The number of nitrogens with one attached hydrogen (secondary N) is 1. The molecule has 1 N–H and O–H groups in total. The van der Waals surface area contributed by atoms with Gasteiger partial charge in [0, 0.05) is 18.0 Å². The fourth-order valence-electron chi connectivity index (χ4n) is 2.60. The molecular weight excluding hydrogens is 288 g/mol. The first-order valence-electron chi connectivity index (χ1n) is 7.02. The van der Waals surface area contributed by atoms with Gasteiger partial charge in [-0.15, -0.1) is 11.3 Å². The molecule has 3 heterocycles. The number of nitrogens with zero attached hydrogens (tertiary/aromatic N) is 3. The van der Waals surface area contributed by atoms with Crippen LogP contribution in [0.2, 0.25) is 0 Å². The Labute approximate surface area is 127 Å². The molecule has 1 fully saturated rings. The quantitative estimate of drug-likeness (QED) is 0.946. The molecule has 0 spiro atoms. The highest BCUT2D eigenvalue weighted by molar-refractivity contribution is 7.09. The Morgan fingerprint density at radius 3 is 3.10 bits per heavy atom. The molecule has 3 rings (SSSR count). The van der Waals surface area contributed by atoms with Gasteiger partial charge in [-0.25, -0.2) is 9.78 Å². The highest BCUT2D eigenvalue weighted by atomic mass is 32.1. The SMILES string of the molecule is Cc1cc(C2CCCN2C(=O)NCc2csc(C)n2)on1. The third-order valence-electron chi connectivity index (χ3n) is 3.58. The highest BCUT2D eigenvalue weighted by Gasteiger charge is 2.32. The van der Waals surface area contributed by atoms with Crippen molar-refractivity contribution in [1.29, 1.82) is 0 Å². The average Bonchev–Trinajstić information content (AvgIpc) is 3.16. The highest BCUT2D eigenvalue weighted by Crippen LogP contribution is 2.32. The van der Waals surface area contributed by atoms with E-state index in [1.807, 2.05) is 30.2 Å². The molecule has 6 nitrogen and oxygen atoms in total. The minimum absolute atomic E-state index is 0.0108. The van der Waals surface area contributed by atoms with Crippen molar-refractivity contribution in [2.75, 3.05) is 6.54 Å². The zero-order chi connectivity index (χ0) is 14.8. The summed E-state index contributed by atoms with van der Waals surface area (Å²) in [6.45, 7) is 5.05. The van der Waals surface area contributed by atoms with Crippen LogP contribution in [0.5, 0.6) is 0 Å². The Morgan fingerprint density at radius 1 is 1.57 bits per heavy atom. The van der Waals surface area contributed by atoms with E-state index >= 15 is 0 Å². The first-order chi connectivity index (χ1) is 10.1. The van der Waals surface area contributed by atoms with Crippen LogP contribution in [-0.4, -0.2) is 27.6 Å². The lowest BCUT2D eigenvalue weighted by molar-refractivity contribution is 0.182. The number of carbonyl (C=O) groups is 1. The Hall–Kier alpha value is -1.89. The van der Waals surface area contributed by atoms with Gasteiger partial charge in [0.1, 0.15) is 0 Å². The fraction of sp³-hybridized carbons (Fsp3) is 0.500. The van der Waals surface area contributed by atoms with Crippen LogP contribution in [-0.2, 0) is 6.54 Å². The topological polar surface area (TPSA) is 71.3 Å². The van der Waals surface area contributed by atoms with Crippen LogP contribution in [0.4, 0.5) is 4.79 Å². The van der Waals surface area contributed by atoms with Crippen molar-refractivity contribution < 1.29 is 9.32 Å². The number of rotatable bonds is 3. The molecule has 0 saturated carbocycles. The second kappa shape index (κ2) is 5.85. The molecule has 1 aliphatic rings. The summed E-state index contributed by atoms with van der Waals surface area (Å²) in [7, 11) is 0. The van der Waals surface area contributed by atoms with Crippen molar-refractivity contribution in [1.82, 2.24) is 20.4 Å². The van der Waals surface area contributed by atoms with Crippen LogP contribution in [0.1, 0.15) is 41.0 Å². The van der Waals surface area contributed by atoms with E-state index in [2.05, 4.69) is 15.5 Å². The Balaban J connectivity index is 1.63. The molecule has 0 aromatic carbocycles. The third-order valence-corrected chi connectivity index (χ3v) is 4.40. The van der Waals surface area contributed by atoms with Gasteiger partial charge in [-0.1, -0.05) is 5.16 Å². The number of urea groups is 1. The molecule has 0 radical (unpaired) electrons. The summed E-state index contributed by atoms with van der Waals surface area (Å²) < 4.78 is 5.31. The van der Waals surface area contributed by atoms with E-state index < -0.39 is 0 Å². The van der Waals surface area contributed by atoms with E-state index in [1.165, 1.54) is 0 Å². The van der Waals surface area contributed by atoms with Gasteiger partial charge in [-0.05, 0) is 26.7 Å². The van der Waals surface area contributed by atoms with Gasteiger partial charge in [-0.2, -0.15) is 0 Å². The van der Waals surface area contributed by atoms with Gasteiger partial charge in [0.25, 0.3) is 0 Å². The lowest BCUT2D eigenvalue weighted by Crippen LogP contribution is -2.39. The number of hydrogen-bond acceptors (Lipinski definition) is 5. The summed E-state index contributed by atoms with van der Waals surface area (Å²) in [4.78, 5) is 18.5. The van der Waals surface area contributed by atoms with Crippen LogP contribution in [0.15, 0.2) is 16.0 Å². The predicted molar refractivity (Wildman–Crippen MR) is 79.0 cm³/mol. The molecule has 0 aliphatic carbocycles. The van der Waals surface area contributed by atoms with E-state index in [9.17, 15) is 4.79 Å². The minimum Gasteiger partial charge on any atom is -0.359 e. The third kappa shape index (κ3) is 3.07. The number of likely N-dealkylation sites (tertiary alicyclic amines) is 1. The van der Waals surface area contributed by atoms with E-state index in [0.29, 0.717) is 6.54 Å². The van der Waals surface area contributed by atoms with Gasteiger partial charge in [-0.3, -0.25) is 0 Å². The number of aromatic nitrogens is 2. The minimum atomic E-state index is -0.0720. The average molecular weight is 306 g/mol. The molecule has 1 unspecified atom stereocenters. The van der Waals surface area contributed by atoms with Gasteiger partial charge in [0.2, 0.25) is 0 Å². The van der Waals surface area contributed by atoms with Gasteiger partial charge >= 0.3 is 6.03 Å². The zero-order valence-electron chi connectivity index (χ0n) is 12.1. The monoisotopic (exact) mass is 306 g/mol. The molecule has 2 aromatic rings. The molecule has 1 saturated heterocycles. The standard InChI is InChI=1S/C14H18N4O2S/c1-9-6-13(20-17-9)12-4-3-5-18(12)14(19)15-7-11-8-21-10(2)16-11/h6,8,12H,3-5,7H2,1-2H3,(H,15,19). The molecule has 2 amide bonds. The molecule has 1 aliphatic heterocycles. The number of amides is 2. The Kier molecular flexibility index (Phi) is 3.92. The van der Waals surface area contributed by atoms with Gasteiger partial charge < -0.3 is 14.7 Å². The van der Waals surface area contributed by atoms with Crippen molar-refractivity contribution in [3.63, 3.8) is 0 Å². The van der Waals surface area contributed by atoms with Gasteiger partial charge in [0.15, 0.2) is 5.76 Å². The first-order valence-corrected chi connectivity index (χ1v) is 7.90. The summed E-state index contributed by atoms with van der Waals surface area (Å²) in [6.07, 6.45) is 1.89. The van der Waals surface area contributed by atoms with Crippen LogP contribution in [0.3, 0.4) is 0 Å². The number of thiazole rings is 1. The van der Waals surface area contributed by atoms with Crippen molar-refractivity contribution >= 4 is 17.4 Å². The smallest absolute Gasteiger partial charge is 0.318 e. The zero-order valence-corrected chi connectivity index (χ0v) is 12.9. The second-order valence-corrected chi connectivity index (χ2v) is 6.30. The maximum absolute atomic E-state index is 12.3. The summed E-state index contributed by atoms with van der Waals surface area (Å²) in [5, 5.41) is 9.82. The summed E-state index contributed by atoms with van der Waals surface area (Å²) in [5.74, 6) is 0.768. The predicted octanol–water partition coefficient (Wildman–Crippen LogP) is 2.79. The molecule has 112 valence electrons. The Morgan fingerprint density at radius 2 is 2.43 bits per heavy atom. The molecular formula is C14H18N4O2S. The lowest BCUT2D eigenvalue weighted by atomic mass is 10.1. The second-order valence-electron chi connectivity index (χ2n) is 5.24. The van der Waals surface area contributed by atoms with Crippen LogP contribution in [0, 0.1) is 13.8 Å². The van der Waals surface area contributed by atoms with E-state index in [-0.39, 0.29) is 12.1 Å². The fourth-order valence-corrected chi connectivity index (χ4v) is 3.22. The number of aryl methyl sites for hydroxylation is 2. The van der Waals surface area contributed by atoms with Gasteiger partial charge in [0.05, 0.1) is 29.0 Å². The van der Waals surface area contributed by atoms with E-state index in [0.717, 1.165) is 41.5 Å². The number of hydrogen-bond donors (Lipinski definition) is 1. The van der Waals surface area contributed by atoms with E-state index in [1.54, 1.807) is 11.3 Å². The summed E-state index contributed by atoms with van der Waals surface area (Å²) in [5.41, 5.74) is 1.74. The molecule has 0 bridgehead atoms. The Bertz CT molecular complexity index is 636. The van der Waals surface area contributed by atoms with E-state index in [4.69, 9.17) is 4.52 Å². The van der Waals surface area contributed by atoms with Crippen molar-refractivity contribution in [3.8, 4) is 0 Å². The normalized spacial score (nSPS) is 18.2. The van der Waals surface area contributed by atoms with Crippen LogP contribution in [0.25, 0.3) is 0 Å². The van der Waals surface area contributed by atoms with Crippen molar-refractivity contribution in [3.05, 3.63) is 33.6 Å². The molecule has 21 heavy (non-hydrogen) atoms. The molecule has 1 atom stereocenters. The van der Waals surface area contributed by atoms with Crippen molar-refractivity contribution in [2.45, 2.75) is 39.3 Å². The lowest BCUT2D eigenvalue weighted by Gasteiger charge is -2.22. The van der Waals surface area contributed by atoms with Crippen LogP contribution < -0.4 is 5.32 Å². The summed E-state index contributed by atoms with van der Waals surface area (Å²) >= 11 is 1.59. The largest absolute Gasteiger partial charge is 0.359 e. The first kappa shape index (κ1) is 14.1. The maximum atomic E-state index is 12.3. The van der Waals surface area contributed by atoms with Crippen LogP contribution >= 0.6 is 11.3 Å². The maximum Gasteiger partial charge on any atom is 0.318 e. The molecule has 7 heteroatoms.